The average Bonchev–Trinajstić information content (AvgIpc) is 3.18. The molecule has 2 aromatic heterocycles. The van der Waals surface area contributed by atoms with Crippen molar-refractivity contribution in [1.82, 2.24) is 14.1 Å². The molecular weight excluding hydrogens is 432 g/mol. The topological polar surface area (TPSA) is 86.0 Å². The number of amides is 1. The molecule has 1 N–H and O–H groups in total. The van der Waals surface area contributed by atoms with Crippen molar-refractivity contribution < 1.29 is 4.79 Å². The number of benzene rings is 2. The summed E-state index contributed by atoms with van der Waals surface area (Å²) >= 11 is 2.73. The number of nitrogens with zero attached hydrogens (tertiary/aromatic N) is 3. The predicted molar refractivity (Wildman–Crippen MR) is 126 cm³/mol. The first-order chi connectivity index (χ1) is 15.0. The number of rotatable bonds is 6. The van der Waals surface area contributed by atoms with Crippen LogP contribution in [0.15, 0.2) is 68.5 Å². The summed E-state index contributed by atoms with van der Waals surface area (Å²) in [6.45, 7) is 3.69. The molecular formula is C22H20N4O3S2. The fourth-order valence-electron chi connectivity index (χ4n) is 3.13. The third kappa shape index (κ3) is 4.33. The largest absolute Gasteiger partial charge is 0.337 e. The number of fused-ring (bicyclic) bond motifs is 1. The number of carbonyl (C=O) groups excluding carboxylic acids is 1. The number of aryl methyl sites for hydroxylation is 1. The fraction of sp³-hybridized carbons (Fsp3) is 0.182. The van der Waals surface area contributed by atoms with Crippen LogP contribution in [0.1, 0.15) is 12.5 Å². The van der Waals surface area contributed by atoms with Gasteiger partial charge in [0.05, 0.1) is 5.69 Å². The quantitative estimate of drug-likeness (QED) is 0.451. The lowest BCUT2D eigenvalue weighted by atomic mass is 10.2. The first-order valence-electron chi connectivity index (χ1n) is 9.69. The van der Waals surface area contributed by atoms with E-state index in [2.05, 4.69) is 10.3 Å². The lowest BCUT2D eigenvalue weighted by molar-refractivity contribution is -0.116. The molecule has 9 heteroatoms. The normalized spacial score (nSPS) is 11.0. The van der Waals surface area contributed by atoms with E-state index < -0.39 is 11.2 Å². The van der Waals surface area contributed by atoms with Crippen molar-refractivity contribution in [3.8, 4) is 5.69 Å². The highest BCUT2D eigenvalue weighted by Crippen LogP contribution is 2.27. The fourth-order valence-corrected chi connectivity index (χ4v) is 5.10. The van der Waals surface area contributed by atoms with Crippen LogP contribution in [0.4, 0.5) is 5.69 Å². The zero-order valence-corrected chi connectivity index (χ0v) is 18.6. The van der Waals surface area contributed by atoms with E-state index in [0.717, 1.165) is 15.9 Å². The van der Waals surface area contributed by atoms with Gasteiger partial charge >= 0.3 is 5.69 Å². The molecule has 2 aromatic carbocycles. The van der Waals surface area contributed by atoms with Crippen LogP contribution in [0.25, 0.3) is 16.0 Å². The molecule has 0 unspecified atom stereocenters. The van der Waals surface area contributed by atoms with Crippen LogP contribution in [0.3, 0.4) is 0 Å². The third-order valence-corrected chi connectivity index (χ3v) is 6.64. The first kappa shape index (κ1) is 21.1. The highest BCUT2D eigenvalue weighted by molar-refractivity contribution is 8.01. The number of hydrogen-bond donors (Lipinski definition) is 1. The Morgan fingerprint density at radius 1 is 1.10 bits per heavy atom. The number of thiazole rings is 1. The number of aromatic nitrogens is 3. The third-order valence-electron chi connectivity index (χ3n) is 4.58. The van der Waals surface area contributed by atoms with Crippen LogP contribution >= 0.6 is 23.1 Å². The van der Waals surface area contributed by atoms with Gasteiger partial charge in [0.2, 0.25) is 5.91 Å². The van der Waals surface area contributed by atoms with Gasteiger partial charge in [0, 0.05) is 5.69 Å². The van der Waals surface area contributed by atoms with Gasteiger partial charge < -0.3 is 5.32 Å². The molecule has 0 radical (unpaired) electrons. The monoisotopic (exact) mass is 452 g/mol. The number of nitrogens with one attached hydrogen (secondary N) is 1. The van der Waals surface area contributed by atoms with E-state index in [1.807, 2.05) is 32.0 Å². The van der Waals surface area contributed by atoms with Crippen molar-refractivity contribution in [3.05, 3.63) is 81.0 Å². The molecule has 0 bridgehead atoms. The van der Waals surface area contributed by atoms with Crippen molar-refractivity contribution in [1.29, 1.82) is 0 Å². The van der Waals surface area contributed by atoms with Crippen molar-refractivity contribution >= 4 is 45.0 Å². The smallest absolute Gasteiger partial charge is 0.325 e. The van der Waals surface area contributed by atoms with E-state index in [1.165, 1.54) is 27.7 Å². The van der Waals surface area contributed by atoms with Gasteiger partial charge in [-0.25, -0.2) is 14.3 Å². The molecule has 7 nitrogen and oxygen atoms in total. The molecule has 0 aliphatic rings. The maximum absolute atomic E-state index is 13.3. The molecule has 31 heavy (non-hydrogen) atoms. The lowest BCUT2D eigenvalue weighted by Gasteiger charge is -2.11. The van der Waals surface area contributed by atoms with Crippen LogP contribution < -0.4 is 16.6 Å². The summed E-state index contributed by atoms with van der Waals surface area (Å²) in [6, 6.07) is 16.1. The summed E-state index contributed by atoms with van der Waals surface area (Å²) in [4.78, 5) is 43.7. The SMILES string of the molecule is CCSc1nc2c(s1)c(=O)n(-c1ccccc1)c(=O)n2CC(=O)Nc1ccc(C)cc1. The van der Waals surface area contributed by atoms with Gasteiger partial charge in [-0.15, -0.1) is 11.3 Å². The second kappa shape index (κ2) is 8.91. The summed E-state index contributed by atoms with van der Waals surface area (Å²) in [5.74, 6) is 0.411. The van der Waals surface area contributed by atoms with Crippen molar-refractivity contribution in [2.45, 2.75) is 24.7 Å². The number of para-hydroxylation sites is 1. The van der Waals surface area contributed by atoms with Crippen molar-refractivity contribution in [2.24, 2.45) is 0 Å². The Bertz CT molecular complexity index is 1360. The summed E-state index contributed by atoms with van der Waals surface area (Å²) in [6.07, 6.45) is 0. The van der Waals surface area contributed by atoms with Gasteiger partial charge in [0.25, 0.3) is 5.56 Å². The maximum atomic E-state index is 13.3. The Labute approximate surface area is 186 Å². The number of carbonyl (C=O) groups is 1. The molecule has 0 aliphatic carbocycles. The molecule has 158 valence electrons. The van der Waals surface area contributed by atoms with E-state index in [1.54, 1.807) is 36.4 Å². The Morgan fingerprint density at radius 2 is 1.81 bits per heavy atom. The van der Waals surface area contributed by atoms with E-state index in [-0.39, 0.29) is 18.1 Å². The second-order valence-corrected chi connectivity index (χ2v) is 9.33. The highest BCUT2D eigenvalue weighted by Gasteiger charge is 2.20. The average molecular weight is 453 g/mol. The molecule has 0 fully saturated rings. The Hall–Kier alpha value is -3.17. The molecule has 4 aromatic rings. The maximum Gasteiger partial charge on any atom is 0.337 e. The Morgan fingerprint density at radius 3 is 2.48 bits per heavy atom. The molecule has 0 saturated carbocycles. The predicted octanol–water partition coefficient (Wildman–Crippen LogP) is 3.67. The van der Waals surface area contributed by atoms with Crippen LogP contribution in [-0.4, -0.2) is 25.8 Å². The van der Waals surface area contributed by atoms with Crippen LogP contribution in [0, 0.1) is 6.92 Å². The first-order valence-corrected chi connectivity index (χ1v) is 11.5. The Kier molecular flexibility index (Phi) is 6.06. The number of thioether (sulfide) groups is 1. The number of hydrogen-bond acceptors (Lipinski definition) is 6. The molecule has 2 heterocycles. The Balaban J connectivity index is 1.82. The van der Waals surface area contributed by atoms with Crippen molar-refractivity contribution in [2.75, 3.05) is 11.1 Å². The van der Waals surface area contributed by atoms with E-state index in [9.17, 15) is 14.4 Å². The van der Waals surface area contributed by atoms with Gasteiger partial charge in [-0.05, 0) is 36.9 Å². The summed E-state index contributed by atoms with van der Waals surface area (Å²) in [5, 5.41) is 2.80. The molecule has 0 saturated heterocycles. The minimum absolute atomic E-state index is 0.238. The summed E-state index contributed by atoms with van der Waals surface area (Å²) < 4.78 is 3.40. The zero-order valence-electron chi connectivity index (χ0n) is 17.0. The summed E-state index contributed by atoms with van der Waals surface area (Å²) in [5.41, 5.74) is 1.38. The highest BCUT2D eigenvalue weighted by atomic mass is 32.2. The lowest BCUT2D eigenvalue weighted by Crippen LogP contribution is -2.40. The molecule has 0 spiro atoms. The summed E-state index contributed by atoms with van der Waals surface area (Å²) in [7, 11) is 0. The van der Waals surface area contributed by atoms with Crippen LogP contribution in [-0.2, 0) is 11.3 Å². The minimum atomic E-state index is -0.596. The molecule has 1 amide bonds. The zero-order chi connectivity index (χ0) is 22.0. The van der Waals surface area contributed by atoms with Gasteiger partial charge in [0.15, 0.2) is 9.99 Å². The molecule has 0 aliphatic heterocycles. The van der Waals surface area contributed by atoms with Gasteiger partial charge in [0.1, 0.15) is 11.2 Å². The molecule has 4 rings (SSSR count). The van der Waals surface area contributed by atoms with Crippen molar-refractivity contribution in [3.63, 3.8) is 0 Å². The number of anilines is 1. The van der Waals surface area contributed by atoms with Crippen LogP contribution in [0.5, 0.6) is 0 Å². The van der Waals surface area contributed by atoms with Gasteiger partial charge in [-0.1, -0.05) is 54.6 Å². The molecule has 0 atom stereocenters. The van der Waals surface area contributed by atoms with Crippen LogP contribution in [0.2, 0.25) is 0 Å². The van der Waals surface area contributed by atoms with E-state index in [4.69, 9.17) is 0 Å². The van der Waals surface area contributed by atoms with E-state index >= 15 is 0 Å². The van der Waals surface area contributed by atoms with E-state index in [0.29, 0.717) is 20.4 Å². The minimum Gasteiger partial charge on any atom is -0.325 e. The second-order valence-electron chi connectivity index (χ2n) is 6.82. The van der Waals surface area contributed by atoms with Gasteiger partial charge in [-0.3, -0.25) is 14.2 Å². The standard InChI is InChI=1S/C22H20N4O3S2/c1-3-30-21-24-19-18(31-21)20(28)26(16-7-5-4-6-8-16)22(29)25(19)13-17(27)23-15-11-9-14(2)10-12-15/h4-12H,3,13H2,1-2H3,(H,23,27). The van der Waals surface area contributed by atoms with Gasteiger partial charge in [-0.2, -0.15) is 0 Å².